The lowest BCUT2D eigenvalue weighted by atomic mass is 9.90. The topological polar surface area (TPSA) is 92.5 Å². The largest absolute Gasteiger partial charge is 0.351 e. The third-order valence-electron chi connectivity index (χ3n) is 5.52. The Morgan fingerprint density at radius 3 is 2.59 bits per heavy atom. The molecule has 2 unspecified atom stereocenters. The van der Waals surface area contributed by atoms with Gasteiger partial charge in [0.1, 0.15) is 0 Å². The number of nitrogens with one attached hydrogen (secondary N) is 1. The van der Waals surface area contributed by atoms with E-state index >= 15 is 0 Å². The number of urea groups is 1. The van der Waals surface area contributed by atoms with E-state index in [2.05, 4.69) is 35.9 Å². The smallest absolute Gasteiger partial charge is 0.315 e. The molecule has 0 radical (unpaired) electrons. The van der Waals surface area contributed by atoms with Gasteiger partial charge in [-0.1, -0.05) is 48.5 Å². The Morgan fingerprint density at radius 2 is 1.90 bits per heavy atom. The van der Waals surface area contributed by atoms with E-state index in [1.54, 1.807) is 4.90 Å². The normalized spacial score (nSPS) is 19.9. The van der Waals surface area contributed by atoms with Crippen molar-refractivity contribution in [1.82, 2.24) is 9.62 Å². The number of carbonyl (C=O) groups is 1. The highest BCUT2D eigenvalue weighted by atomic mass is 32.2. The molecule has 2 aromatic rings. The fraction of sp³-hybridized carbons (Fsp3) is 0.409. The SMILES string of the molecule is Cc1ccccc1Cc1cccc(CC2C(NS(C)(=O)=O)CCCN2C(N)=O)c1. The average molecular weight is 416 g/mol. The Kier molecular flexibility index (Phi) is 6.59. The van der Waals surface area contributed by atoms with Crippen molar-refractivity contribution in [1.29, 1.82) is 0 Å². The van der Waals surface area contributed by atoms with Gasteiger partial charge < -0.3 is 10.6 Å². The van der Waals surface area contributed by atoms with Crippen LogP contribution < -0.4 is 10.5 Å². The van der Waals surface area contributed by atoms with Crippen LogP contribution in [-0.2, 0) is 22.9 Å². The van der Waals surface area contributed by atoms with Crippen LogP contribution in [0.25, 0.3) is 0 Å². The zero-order valence-corrected chi connectivity index (χ0v) is 17.8. The summed E-state index contributed by atoms with van der Waals surface area (Å²) < 4.78 is 26.3. The molecular weight excluding hydrogens is 386 g/mol. The zero-order valence-electron chi connectivity index (χ0n) is 17.0. The molecule has 1 saturated heterocycles. The number of sulfonamides is 1. The second-order valence-corrected chi connectivity index (χ2v) is 9.65. The number of carbonyl (C=O) groups excluding carboxylic acids is 1. The van der Waals surface area contributed by atoms with Crippen LogP contribution in [0.5, 0.6) is 0 Å². The van der Waals surface area contributed by atoms with Crippen LogP contribution >= 0.6 is 0 Å². The van der Waals surface area contributed by atoms with Gasteiger partial charge in [0.05, 0.1) is 12.3 Å². The summed E-state index contributed by atoms with van der Waals surface area (Å²) in [6.07, 6.45) is 3.94. The Hall–Kier alpha value is -2.38. The number of primary amides is 1. The Bertz CT molecular complexity index is 975. The standard InChI is InChI=1S/C22H29N3O3S/c1-16-7-3-4-10-19(16)14-17-8-5-9-18(13-17)15-21-20(24-29(2,27)28)11-6-12-25(21)22(23)26/h3-5,7-10,13,20-21,24H,6,11-12,14-15H2,1-2H3,(H2,23,26). The molecule has 6 nitrogen and oxygen atoms in total. The van der Waals surface area contributed by atoms with Crippen molar-refractivity contribution < 1.29 is 13.2 Å². The molecule has 1 aliphatic heterocycles. The number of likely N-dealkylation sites (tertiary alicyclic amines) is 1. The molecule has 3 rings (SSSR count). The van der Waals surface area contributed by atoms with Crippen molar-refractivity contribution in [3.63, 3.8) is 0 Å². The van der Waals surface area contributed by atoms with E-state index in [9.17, 15) is 13.2 Å². The van der Waals surface area contributed by atoms with Gasteiger partial charge in [-0.05, 0) is 54.9 Å². The van der Waals surface area contributed by atoms with Crippen LogP contribution in [0, 0.1) is 6.92 Å². The number of nitrogens with two attached hydrogens (primary N) is 1. The number of hydrogen-bond donors (Lipinski definition) is 2. The summed E-state index contributed by atoms with van der Waals surface area (Å²) in [5.41, 5.74) is 10.4. The van der Waals surface area contributed by atoms with Gasteiger partial charge in [0, 0.05) is 12.6 Å². The lowest BCUT2D eigenvalue weighted by Crippen LogP contribution is -2.58. The number of piperidine rings is 1. The highest BCUT2D eigenvalue weighted by molar-refractivity contribution is 7.88. The second kappa shape index (κ2) is 8.97. The van der Waals surface area contributed by atoms with Crippen LogP contribution in [-0.4, -0.2) is 44.2 Å². The van der Waals surface area contributed by atoms with Gasteiger partial charge >= 0.3 is 6.03 Å². The maximum atomic E-state index is 12.0. The molecule has 0 spiro atoms. The lowest BCUT2D eigenvalue weighted by Gasteiger charge is -2.40. The number of benzene rings is 2. The summed E-state index contributed by atoms with van der Waals surface area (Å²) >= 11 is 0. The van der Waals surface area contributed by atoms with Crippen molar-refractivity contribution in [3.05, 3.63) is 70.8 Å². The fourth-order valence-electron chi connectivity index (χ4n) is 4.13. The first kappa shape index (κ1) is 21.3. The Balaban J connectivity index is 1.83. The lowest BCUT2D eigenvalue weighted by molar-refractivity contribution is 0.140. The quantitative estimate of drug-likeness (QED) is 0.759. The van der Waals surface area contributed by atoms with E-state index in [0.717, 1.165) is 24.7 Å². The molecule has 0 aromatic heterocycles. The van der Waals surface area contributed by atoms with Crippen molar-refractivity contribution in [3.8, 4) is 0 Å². The van der Waals surface area contributed by atoms with Crippen LogP contribution in [0.1, 0.15) is 35.1 Å². The molecular formula is C22H29N3O3S. The molecule has 2 amide bonds. The molecule has 7 heteroatoms. The van der Waals surface area contributed by atoms with Gasteiger partial charge in [0.25, 0.3) is 0 Å². The Morgan fingerprint density at radius 1 is 1.17 bits per heavy atom. The number of aryl methyl sites for hydroxylation is 1. The van der Waals surface area contributed by atoms with Crippen LogP contribution in [0.15, 0.2) is 48.5 Å². The van der Waals surface area contributed by atoms with Crippen molar-refractivity contribution >= 4 is 16.1 Å². The first-order valence-electron chi connectivity index (χ1n) is 9.88. The summed E-state index contributed by atoms with van der Waals surface area (Å²) in [5.74, 6) is 0. The monoisotopic (exact) mass is 415 g/mol. The summed E-state index contributed by atoms with van der Waals surface area (Å²) in [5, 5.41) is 0. The number of nitrogens with zero attached hydrogens (tertiary/aromatic N) is 1. The fourth-order valence-corrected chi connectivity index (χ4v) is 4.96. The van der Waals surface area contributed by atoms with E-state index in [0.29, 0.717) is 19.4 Å². The molecule has 2 atom stereocenters. The summed E-state index contributed by atoms with van der Waals surface area (Å²) in [4.78, 5) is 13.6. The molecule has 29 heavy (non-hydrogen) atoms. The van der Waals surface area contributed by atoms with Crippen LogP contribution in [0.3, 0.4) is 0 Å². The molecule has 156 valence electrons. The third-order valence-corrected chi connectivity index (χ3v) is 6.25. The third kappa shape index (κ3) is 5.81. The molecule has 3 N–H and O–H groups in total. The number of amides is 2. The first-order valence-corrected chi connectivity index (χ1v) is 11.8. The minimum Gasteiger partial charge on any atom is -0.351 e. The maximum Gasteiger partial charge on any atom is 0.315 e. The van der Waals surface area contributed by atoms with Crippen molar-refractivity contribution in [2.75, 3.05) is 12.8 Å². The number of hydrogen-bond acceptors (Lipinski definition) is 3. The molecule has 0 aliphatic carbocycles. The maximum absolute atomic E-state index is 12.0. The van der Waals surface area contributed by atoms with Gasteiger partial charge in [-0.15, -0.1) is 0 Å². The van der Waals surface area contributed by atoms with Gasteiger partial charge in [-0.3, -0.25) is 0 Å². The van der Waals surface area contributed by atoms with E-state index < -0.39 is 16.1 Å². The Labute approximate surface area is 173 Å². The predicted octanol–water partition coefficient (Wildman–Crippen LogP) is 2.59. The molecule has 0 bridgehead atoms. The van der Waals surface area contributed by atoms with Crippen molar-refractivity contribution in [2.45, 2.75) is 44.7 Å². The number of rotatable bonds is 6. The second-order valence-electron chi connectivity index (χ2n) is 7.87. The highest BCUT2D eigenvalue weighted by Crippen LogP contribution is 2.23. The highest BCUT2D eigenvalue weighted by Gasteiger charge is 2.35. The minimum atomic E-state index is -3.38. The minimum absolute atomic E-state index is 0.301. The predicted molar refractivity (Wildman–Crippen MR) is 115 cm³/mol. The summed E-state index contributed by atoms with van der Waals surface area (Å²) in [7, 11) is -3.38. The summed E-state index contributed by atoms with van der Waals surface area (Å²) in [6.45, 7) is 2.65. The van der Waals surface area contributed by atoms with Crippen LogP contribution in [0.2, 0.25) is 0 Å². The van der Waals surface area contributed by atoms with Gasteiger partial charge in [0.2, 0.25) is 10.0 Å². The van der Waals surface area contributed by atoms with Gasteiger partial charge in [-0.2, -0.15) is 0 Å². The molecule has 1 fully saturated rings. The molecule has 0 saturated carbocycles. The molecule has 2 aromatic carbocycles. The van der Waals surface area contributed by atoms with E-state index in [1.807, 2.05) is 24.3 Å². The summed E-state index contributed by atoms with van der Waals surface area (Å²) in [6, 6.07) is 15.4. The zero-order chi connectivity index (χ0) is 21.0. The van der Waals surface area contributed by atoms with Crippen LogP contribution in [0.4, 0.5) is 4.79 Å². The van der Waals surface area contributed by atoms with Crippen molar-refractivity contribution in [2.24, 2.45) is 5.73 Å². The average Bonchev–Trinajstić information content (AvgIpc) is 2.64. The van der Waals surface area contributed by atoms with E-state index in [1.165, 1.54) is 16.7 Å². The van der Waals surface area contributed by atoms with E-state index in [4.69, 9.17) is 5.73 Å². The van der Waals surface area contributed by atoms with Gasteiger partial charge in [0.15, 0.2) is 0 Å². The van der Waals surface area contributed by atoms with E-state index in [-0.39, 0.29) is 12.1 Å². The molecule has 1 aliphatic rings. The molecule has 1 heterocycles. The van der Waals surface area contributed by atoms with Gasteiger partial charge in [-0.25, -0.2) is 17.9 Å². The first-order chi connectivity index (χ1) is 13.7.